The Morgan fingerprint density at radius 2 is 2.00 bits per heavy atom. The Balaban J connectivity index is 1.54. The number of carbonyl (C=O) groups is 2. The van der Waals surface area contributed by atoms with Gasteiger partial charge in [0.1, 0.15) is 0 Å². The second-order valence-electron chi connectivity index (χ2n) is 8.92. The van der Waals surface area contributed by atoms with Gasteiger partial charge in [0.25, 0.3) is 0 Å². The molecule has 1 aliphatic heterocycles. The van der Waals surface area contributed by atoms with Crippen LogP contribution in [0.4, 0.5) is 9.93 Å². The largest absolute Gasteiger partial charge is 0.391 e. The number of aromatic nitrogens is 5. The van der Waals surface area contributed by atoms with Crippen molar-refractivity contribution in [2.45, 2.75) is 26.2 Å². The lowest BCUT2D eigenvalue weighted by Gasteiger charge is -2.20. The Morgan fingerprint density at radius 1 is 1.15 bits per heavy atom. The highest BCUT2D eigenvalue weighted by Gasteiger charge is 2.24. The van der Waals surface area contributed by atoms with Crippen molar-refractivity contribution in [2.24, 2.45) is 5.92 Å². The van der Waals surface area contributed by atoms with Crippen LogP contribution in [0.25, 0.3) is 32.6 Å². The third-order valence-corrected chi connectivity index (χ3v) is 7.27. The third-order valence-electron chi connectivity index (χ3n) is 6.25. The topological polar surface area (TPSA) is 144 Å². The number of urea groups is 1. The maximum Gasteiger partial charge on any atom is 0.324 e. The zero-order chi connectivity index (χ0) is 27.2. The number of anilines is 1. The lowest BCUT2D eigenvalue weighted by Crippen LogP contribution is -2.34. The van der Waals surface area contributed by atoms with E-state index in [2.05, 4.69) is 47.4 Å². The van der Waals surface area contributed by atoms with Gasteiger partial charge in [-0.2, -0.15) is 4.98 Å². The number of nitrogens with one attached hydrogen (secondary N) is 3. The zero-order valence-electron chi connectivity index (χ0n) is 21.4. The van der Waals surface area contributed by atoms with Crippen LogP contribution in [0.5, 0.6) is 6.01 Å². The van der Waals surface area contributed by atoms with Crippen LogP contribution in [0.2, 0.25) is 0 Å². The first-order valence-corrected chi connectivity index (χ1v) is 13.5. The molecular weight excluding hydrogens is 516 g/mol. The van der Waals surface area contributed by atoms with E-state index >= 15 is 0 Å². The second-order valence-corrected chi connectivity index (χ2v) is 9.92. The summed E-state index contributed by atoms with van der Waals surface area (Å²) in [5.41, 5.74) is 4.35. The number of piperidine rings is 1. The molecule has 0 radical (unpaired) electrons. The van der Waals surface area contributed by atoms with E-state index in [9.17, 15) is 9.59 Å². The van der Waals surface area contributed by atoms with Gasteiger partial charge in [-0.3, -0.25) is 20.1 Å². The Bertz CT molecular complexity index is 1500. The van der Waals surface area contributed by atoms with Crippen LogP contribution in [0.1, 0.15) is 25.5 Å². The SMILES string of the molecule is C=CCc1nc(OC(=O)C2CCNCC2)ncc1-c1cc(-c2cnccn2)c2sc(NC(=O)NCC)nc2c1. The van der Waals surface area contributed by atoms with Gasteiger partial charge in [-0.25, -0.2) is 14.8 Å². The molecule has 4 heterocycles. The van der Waals surface area contributed by atoms with Crippen molar-refractivity contribution in [1.82, 2.24) is 35.6 Å². The first-order chi connectivity index (χ1) is 19.1. The van der Waals surface area contributed by atoms with Crippen molar-refractivity contribution in [3.05, 3.63) is 55.3 Å². The minimum absolute atomic E-state index is 0.0245. The minimum Gasteiger partial charge on any atom is -0.391 e. The number of fused-ring (bicyclic) bond motifs is 1. The molecule has 0 saturated carbocycles. The van der Waals surface area contributed by atoms with E-state index in [1.807, 2.05) is 19.1 Å². The van der Waals surface area contributed by atoms with E-state index < -0.39 is 0 Å². The van der Waals surface area contributed by atoms with E-state index in [0.717, 1.165) is 47.3 Å². The molecule has 0 atom stereocenters. The quantitative estimate of drug-likeness (QED) is 0.222. The number of benzene rings is 1. The highest BCUT2D eigenvalue weighted by atomic mass is 32.1. The summed E-state index contributed by atoms with van der Waals surface area (Å²) in [7, 11) is 0. The van der Waals surface area contributed by atoms with Crippen molar-refractivity contribution in [3.63, 3.8) is 0 Å². The Kier molecular flexibility index (Phi) is 8.13. The van der Waals surface area contributed by atoms with Gasteiger partial charge in [0.05, 0.1) is 33.7 Å². The van der Waals surface area contributed by atoms with Crippen molar-refractivity contribution in [3.8, 4) is 28.4 Å². The van der Waals surface area contributed by atoms with Crippen LogP contribution in [-0.4, -0.2) is 56.6 Å². The number of allylic oxidation sites excluding steroid dienone is 1. The first-order valence-electron chi connectivity index (χ1n) is 12.7. The van der Waals surface area contributed by atoms with E-state index in [4.69, 9.17) is 4.74 Å². The molecule has 11 nitrogen and oxygen atoms in total. The Labute approximate surface area is 229 Å². The maximum atomic E-state index is 12.7. The fourth-order valence-electron chi connectivity index (χ4n) is 4.38. The number of carbonyl (C=O) groups excluding carboxylic acids is 2. The fourth-order valence-corrected chi connectivity index (χ4v) is 5.35. The average Bonchev–Trinajstić information content (AvgIpc) is 3.36. The van der Waals surface area contributed by atoms with E-state index in [0.29, 0.717) is 35.0 Å². The number of hydrogen-bond acceptors (Lipinski definition) is 10. The smallest absolute Gasteiger partial charge is 0.324 e. The molecule has 3 aromatic heterocycles. The van der Waals surface area contributed by atoms with Gasteiger partial charge in [-0.15, -0.1) is 6.58 Å². The maximum absolute atomic E-state index is 12.7. The average molecular weight is 545 g/mol. The summed E-state index contributed by atoms with van der Waals surface area (Å²) in [6.07, 6.45) is 10.2. The Morgan fingerprint density at radius 3 is 2.74 bits per heavy atom. The second kappa shape index (κ2) is 12.0. The molecule has 200 valence electrons. The minimum atomic E-state index is -0.325. The van der Waals surface area contributed by atoms with Crippen molar-refractivity contribution >= 4 is 38.7 Å². The van der Waals surface area contributed by atoms with Crippen LogP contribution in [0.15, 0.2) is 49.6 Å². The lowest BCUT2D eigenvalue weighted by molar-refractivity contribution is -0.140. The Hall–Kier alpha value is -4.29. The zero-order valence-corrected chi connectivity index (χ0v) is 22.3. The molecule has 1 aliphatic rings. The molecular formula is C27H28N8O3S. The van der Waals surface area contributed by atoms with Crippen LogP contribution < -0.4 is 20.7 Å². The van der Waals surface area contributed by atoms with Gasteiger partial charge in [-0.05, 0) is 50.6 Å². The molecule has 1 saturated heterocycles. The van der Waals surface area contributed by atoms with Crippen molar-refractivity contribution in [1.29, 1.82) is 0 Å². The lowest BCUT2D eigenvalue weighted by atomic mass is 9.99. The van der Waals surface area contributed by atoms with E-state index in [1.54, 1.807) is 30.9 Å². The van der Waals surface area contributed by atoms with Crippen molar-refractivity contribution < 1.29 is 14.3 Å². The summed E-state index contributed by atoms with van der Waals surface area (Å²) in [5.74, 6) is -0.476. The molecule has 0 bridgehead atoms. The summed E-state index contributed by atoms with van der Waals surface area (Å²) < 4.78 is 6.41. The standard InChI is InChI=1S/C27H28N8O3S/c1-3-5-20-19(14-32-26(33-20)38-24(36)16-6-8-28-9-7-16)17-12-18(22-15-29-10-11-31-22)23-21(13-17)34-27(39-23)35-25(37)30-4-2/h3,10-16,28H,1,4-9H2,2H3,(H2,30,34,35,37). The van der Waals surface area contributed by atoms with Gasteiger partial charge in [-0.1, -0.05) is 17.4 Å². The van der Waals surface area contributed by atoms with Gasteiger partial charge >= 0.3 is 18.0 Å². The molecule has 12 heteroatoms. The number of thiazole rings is 1. The summed E-state index contributed by atoms with van der Waals surface area (Å²) in [6.45, 7) is 7.79. The predicted octanol–water partition coefficient (Wildman–Crippen LogP) is 3.99. The first kappa shape index (κ1) is 26.3. The molecule has 0 unspecified atom stereocenters. The van der Waals surface area contributed by atoms with Gasteiger partial charge in [0.2, 0.25) is 0 Å². The normalized spacial score (nSPS) is 13.7. The highest BCUT2D eigenvalue weighted by molar-refractivity contribution is 7.22. The molecule has 3 N–H and O–H groups in total. The number of amides is 2. The predicted molar refractivity (Wildman–Crippen MR) is 149 cm³/mol. The van der Waals surface area contributed by atoms with Crippen LogP contribution in [0, 0.1) is 5.92 Å². The van der Waals surface area contributed by atoms with E-state index in [-0.39, 0.29) is 23.9 Å². The highest BCUT2D eigenvalue weighted by Crippen LogP contribution is 2.38. The van der Waals surface area contributed by atoms with Gasteiger partial charge < -0.3 is 15.4 Å². The van der Waals surface area contributed by atoms with Crippen molar-refractivity contribution in [2.75, 3.05) is 25.0 Å². The number of nitrogens with zero attached hydrogens (tertiary/aromatic N) is 5. The molecule has 4 aromatic rings. The molecule has 5 rings (SSSR count). The van der Waals surface area contributed by atoms with Crippen LogP contribution in [-0.2, 0) is 11.2 Å². The summed E-state index contributed by atoms with van der Waals surface area (Å²) in [4.78, 5) is 47.1. The monoisotopic (exact) mass is 544 g/mol. The molecule has 39 heavy (non-hydrogen) atoms. The van der Waals surface area contributed by atoms with Gasteiger partial charge in [0.15, 0.2) is 5.13 Å². The molecule has 2 amide bonds. The van der Waals surface area contributed by atoms with E-state index in [1.165, 1.54) is 11.3 Å². The summed E-state index contributed by atoms with van der Waals surface area (Å²) in [6, 6.07) is 3.60. The summed E-state index contributed by atoms with van der Waals surface area (Å²) >= 11 is 1.35. The molecule has 0 spiro atoms. The molecule has 1 fully saturated rings. The van der Waals surface area contributed by atoms with Crippen LogP contribution >= 0.6 is 11.3 Å². The van der Waals surface area contributed by atoms with Gasteiger partial charge in [0, 0.05) is 42.7 Å². The number of hydrogen-bond donors (Lipinski definition) is 3. The third kappa shape index (κ3) is 6.07. The molecule has 0 aliphatic carbocycles. The van der Waals surface area contributed by atoms with Crippen LogP contribution in [0.3, 0.4) is 0 Å². The number of rotatable bonds is 8. The number of esters is 1. The number of ether oxygens (including phenoxy) is 1. The summed E-state index contributed by atoms with van der Waals surface area (Å²) in [5, 5.41) is 9.20. The fraction of sp³-hybridized carbons (Fsp3) is 0.296. The molecule has 1 aromatic carbocycles.